The summed E-state index contributed by atoms with van der Waals surface area (Å²) in [6.45, 7) is 0.0795. The lowest BCUT2D eigenvalue weighted by atomic mass is 10.0. The largest absolute Gasteiger partial charge is 0.480 e. The first-order valence-corrected chi connectivity index (χ1v) is 6.39. The van der Waals surface area contributed by atoms with Crippen molar-refractivity contribution in [2.24, 2.45) is 5.92 Å². The molecule has 0 saturated carbocycles. The summed E-state index contributed by atoms with van der Waals surface area (Å²) in [7, 11) is 0. The summed E-state index contributed by atoms with van der Waals surface area (Å²) >= 11 is 0. The Morgan fingerprint density at radius 2 is 2.25 bits per heavy atom. The Kier molecular flexibility index (Phi) is 4.34. The predicted molar refractivity (Wildman–Crippen MR) is 68.4 cm³/mol. The van der Waals surface area contributed by atoms with Crippen LogP contribution in [0, 0.1) is 11.7 Å². The predicted octanol–water partition coefficient (Wildman–Crippen LogP) is 0.662. The second-order valence-electron chi connectivity index (χ2n) is 4.99. The molecule has 0 radical (unpaired) electrons. The lowest BCUT2D eigenvalue weighted by molar-refractivity contribution is -0.148. The van der Waals surface area contributed by atoms with E-state index < -0.39 is 17.8 Å². The standard InChI is InChI=1S/C14H16FNO4/c15-11-3-1-2-9(4-11)5-12(14(19)20)16-7-10(8-17)6-13(16)18/h1-4,10,12,17H,5-8H2,(H,19,20)/t10?,12-/m0/s1. The minimum atomic E-state index is -1.12. The Morgan fingerprint density at radius 1 is 1.50 bits per heavy atom. The van der Waals surface area contributed by atoms with Crippen LogP contribution in [0.25, 0.3) is 0 Å². The van der Waals surface area contributed by atoms with Crippen LogP contribution in [0.5, 0.6) is 0 Å². The fourth-order valence-corrected chi connectivity index (χ4v) is 2.45. The van der Waals surface area contributed by atoms with Crippen molar-refractivity contribution in [3.8, 4) is 0 Å². The van der Waals surface area contributed by atoms with Gasteiger partial charge in [0.2, 0.25) is 5.91 Å². The zero-order valence-electron chi connectivity index (χ0n) is 10.8. The third-order valence-electron chi connectivity index (χ3n) is 3.48. The quantitative estimate of drug-likeness (QED) is 0.831. The van der Waals surface area contributed by atoms with E-state index in [4.69, 9.17) is 5.11 Å². The van der Waals surface area contributed by atoms with Crippen LogP contribution in [0.15, 0.2) is 24.3 Å². The number of aliphatic hydroxyl groups excluding tert-OH is 1. The van der Waals surface area contributed by atoms with Gasteiger partial charge in [0.05, 0.1) is 0 Å². The van der Waals surface area contributed by atoms with Gasteiger partial charge in [0.25, 0.3) is 0 Å². The average Bonchev–Trinajstić information content (AvgIpc) is 2.77. The van der Waals surface area contributed by atoms with Crippen LogP contribution in [-0.2, 0) is 16.0 Å². The van der Waals surface area contributed by atoms with Crippen molar-refractivity contribution in [2.45, 2.75) is 18.9 Å². The van der Waals surface area contributed by atoms with Gasteiger partial charge in [-0.25, -0.2) is 9.18 Å². The first kappa shape index (κ1) is 14.5. The third kappa shape index (κ3) is 3.14. The maximum Gasteiger partial charge on any atom is 0.326 e. The highest BCUT2D eigenvalue weighted by molar-refractivity contribution is 5.85. The van der Waals surface area contributed by atoms with Crippen LogP contribution in [0.3, 0.4) is 0 Å². The number of carboxylic acid groups (broad SMARTS) is 1. The third-order valence-corrected chi connectivity index (χ3v) is 3.48. The second kappa shape index (κ2) is 6.00. The number of likely N-dealkylation sites (tertiary alicyclic amines) is 1. The van der Waals surface area contributed by atoms with Crippen LogP contribution in [-0.4, -0.2) is 46.2 Å². The van der Waals surface area contributed by atoms with E-state index in [0.29, 0.717) is 5.56 Å². The number of carbonyl (C=O) groups excluding carboxylic acids is 1. The Bertz CT molecular complexity index is 520. The monoisotopic (exact) mass is 281 g/mol. The first-order chi connectivity index (χ1) is 9.51. The number of aliphatic hydroxyl groups is 1. The number of carboxylic acids is 1. The summed E-state index contributed by atoms with van der Waals surface area (Å²) in [5, 5.41) is 18.4. The molecule has 108 valence electrons. The van der Waals surface area contributed by atoms with Crippen molar-refractivity contribution in [1.82, 2.24) is 4.90 Å². The molecule has 20 heavy (non-hydrogen) atoms. The molecule has 2 rings (SSSR count). The van der Waals surface area contributed by atoms with Crippen molar-refractivity contribution in [1.29, 1.82) is 0 Å². The van der Waals surface area contributed by atoms with E-state index in [1.807, 2.05) is 0 Å². The molecule has 1 unspecified atom stereocenters. The molecule has 1 aliphatic rings. The van der Waals surface area contributed by atoms with Crippen molar-refractivity contribution in [3.05, 3.63) is 35.6 Å². The summed E-state index contributed by atoms with van der Waals surface area (Å²) in [4.78, 5) is 24.4. The lowest BCUT2D eigenvalue weighted by Crippen LogP contribution is -2.43. The Morgan fingerprint density at radius 3 is 2.80 bits per heavy atom. The van der Waals surface area contributed by atoms with E-state index in [0.717, 1.165) is 0 Å². The van der Waals surface area contributed by atoms with Gasteiger partial charge in [0, 0.05) is 31.9 Å². The topological polar surface area (TPSA) is 77.8 Å². The van der Waals surface area contributed by atoms with Gasteiger partial charge < -0.3 is 15.1 Å². The molecule has 2 N–H and O–H groups in total. The highest BCUT2D eigenvalue weighted by Crippen LogP contribution is 2.22. The van der Waals surface area contributed by atoms with Gasteiger partial charge in [-0.3, -0.25) is 4.79 Å². The van der Waals surface area contributed by atoms with Gasteiger partial charge in [0.15, 0.2) is 0 Å². The van der Waals surface area contributed by atoms with Crippen LogP contribution in [0.2, 0.25) is 0 Å². The van der Waals surface area contributed by atoms with Crippen molar-refractivity contribution in [3.63, 3.8) is 0 Å². The maximum absolute atomic E-state index is 13.1. The van der Waals surface area contributed by atoms with E-state index in [-0.39, 0.29) is 37.8 Å². The van der Waals surface area contributed by atoms with Gasteiger partial charge in [-0.1, -0.05) is 12.1 Å². The molecule has 0 aliphatic carbocycles. The van der Waals surface area contributed by atoms with E-state index in [1.165, 1.54) is 23.1 Å². The number of amides is 1. The number of rotatable bonds is 5. The summed E-state index contributed by atoms with van der Waals surface area (Å²) in [5.41, 5.74) is 0.526. The highest BCUT2D eigenvalue weighted by Gasteiger charge is 2.37. The summed E-state index contributed by atoms with van der Waals surface area (Å²) in [6.07, 6.45) is 0.209. The molecule has 0 aromatic heterocycles. The minimum absolute atomic E-state index is 0.0526. The van der Waals surface area contributed by atoms with Gasteiger partial charge in [-0.15, -0.1) is 0 Å². The molecule has 1 heterocycles. The SMILES string of the molecule is O=C(O)[C@H](Cc1cccc(F)c1)N1CC(CO)CC1=O. The molecule has 5 nitrogen and oxygen atoms in total. The van der Waals surface area contributed by atoms with Gasteiger partial charge in [-0.05, 0) is 17.7 Å². The normalized spacial score (nSPS) is 20.2. The number of nitrogens with zero attached hydrogens (tertiary/aromatic N) is 1. The smallest absolute Gasteiger partial charge is 0.326 e. The summed E-state index contributed by atoms with van der Waals surface area (Å²) in [6, 6.07) is 4.65. The lowest BCUT2D eigenvalue weighted by Gasteiger charge is -2.24. The zero-order chi connectivity index (χ0) is 14.7. The van der Waals surface area contributed by atoms with Crippen molar-refractivity contribution >= 4 is 11.9 Å². The molecule has 1 aromatic carbocycles. The molecule has 0 spiro atoms. The second-order valence-corrected chi connectivity index (χ2v) is 4.99. The number of hydrogen-bond donors (Lipinski definition) is 2. The van der Waals surface area contributed by atoms with Crippen molar-refractivity contribution < 1.29 is 24.2 Å². The molecular weight excluding hydrogens is 265 g/mol. The molecule has 1 fully saturated rings. The number of carbonyl (C=O) groups is 2. The van der Waals surface area contributed by atoms with Gasteiger partial charge in [0.1, 0.15) is 11.9 Å². The number of aliphatic carboxylic acids is 1. The minimum Gasteiger partial charge on any atom is -0.480 e. The van der Waals surface area contributed by atoms with Crippen molar-refractivity contribution in [2.75, 3.05) is 13.2 Å². The van der Waals surface area contributed by atoms with Gasteiger partial charge >= 0.3 is 5.97 Å². The molecule has 0 bridgehead atoms. The molecule has 1 saturated heterocycles. The maximum atomic E-state index is 13.1. The fourth-order valence-electron chi connectivity index (χ4n) is 2.45. The van der Waals surface area contributed by atoms with Crippen LogP contribution in [0.1, 0.15) is 12.0 Å². The number of hydrogen-bond acceptors (Lipinski definition) is 3. The molecule has 1 amide bonds. The van der Waals surface area contributed by atoms with Gasteiger partial charge in [-0.2, -0.15) is 0 Å². The molecular formula is C14H16FNO4. The zero-order valence-corrected chi connectivity index (χ0v) is 10.8. The molecule has 1 aromatic rings. The molecule has 6 heteroatoms. The first-order valence-electron chi connectivity index (χ1n) is 6.39. The van der Waals surface area contributed by atoms with Crippen LogP contribution < -0.4 is 0 Å². The molecule has 1 aliphatic heterocycles. The number of halogens is 1. The highest BCUT2D eigenvalue weighted by atomic mass is 19.1. The summed E-state index contributed by atoms with van der Waals surface area (Å²) < 4.78 is 13.1. The number of benzene rings is 1. The van der Waals surface area contributed by atoms with Crippen LogP contribution in [0.4, 0.5) is 4.39 Å². The average molecular weight is 281 g/mol. The summed E-state index contributed by atoms with van der Waals surface area (Å²) in [5.74, 6) is -2.07. The Hall–Kier alpha value is -1.95. The Balaban J connectivity index is 2.16. The van der Waals surface area contributed by atoms with E-state index >= 15 is 0 Å². The van der Waals surface area contributed by atoms with E-state index in [1.54, 1.807) is 6.07 Å². The molecule has 2 atom stereocenters. The van der Waals surface area contributed by atoms with Crippen LogP contribution >= 0.6 is 0 Å². The van der Waals surface area contributed by atoms with E-state index in [9.17, 15) is 19.1 Å². The Labute approximate surface area is 115 Å². The fraction of sp³-hybridized carbons (Fsp3) is 0.429. The van der Waals surface area contributed by atoms with E-state index in [2.05, 4.69) is 0 Å².